The Morgan fingerprint density at radius 3 is 2.71 bits per heavy atom. The zero-order valence-corrected chi connectivity index (χ0v) is 11.6. The van der Waals surface area contributed by atoms with Crippen molar-refractivity contribution in [1.29, 1.82) is 0 Å². The number of aryl methyl sites for hydroxylation is 1. The molecule has 0 amide bonds. The van der Waals surface area contributed by atoms with Crippen molar-refractivity contribution in [1.82, 2.24) is 9.97 Å². The number of furan rings is 1. The average molecular weight is 296 g/mol. The van der Waals surface area contributed by atoms with Crippen LogP contribution >= 0.6 is 15.9 Å². The summed E-state index contributed by atoms with van der Waals surface area (Å²) in [6.45, 7) is 6.85. The lowest BCUT2D eigenvalue weighted by Gasteiger charge is -2.10. The number of rotatable bonds is 3. The maximum Gasteiger partial charge on any atom is 0.199 e. The number of hydrogen-bond acceptors (Lipinski definition) is 4. The molecule has 0 radical (unpaired) electrons. The van der Waals surface area contributed by atoms with E-state index in [0.29, 0.717) is 11.6 Å². The SMILES string of the molecule is CCNc1nc(-c2occc2Br)nc(C)c1C. The van der Waals surface area contributed by atoms with E-state index in [1.165, 1.54) is 0 Å². The molecular formula is C12H14BrN3O. The first kappa shape index (κ1) is 12.1. The van der Waals surface area contributed by atoms with Gasteiger partial charge in [0.2, 0.25) is 0 Å². The van der Waals surface area contributed by atoms with E-state index in [4.69, 9.17) is 4.42 Å². The molecule has 0 unspecified atom stereocenters. The fraction of sp³-hybridized carbons (Fsp3) is 0.333. The first-order valence-corrected chi connectivity index (χ1v) is 6.25. The molecule has 0 saturated heterocycles. The molecular weight excluding hydrogens is 282 g/mol. The molecule has 0 atom stereocenters. The van der Waals surface area contributed by atoms with Crippen molar-refractivity contribution in [2.24, 2.45) is 0 Å². The van der Waals surface area contributed by atoms with E-state index < -0.39 is 0 Å². The summed E-state index contributed by atoms with van der Waals surface area (Å²) in [5.74, 6) is 2.12. The molecule has 0 bridgehead atoms. The van der Waals surface area contributed by atoms with Crippen LogP contribution in [-0.4, -0.2) is 16.5 Å². The lowest BCUT2D eigenvalue weighted by Crippen LogP contribution is -2.06. The van der Waals surface area contributed by atoms with E-state index in [2.05, 4.69) is 31.2 Å². The Bertz CT molecular complexity index is 537. The molecule has 4 nitrogen and oxygen atoms in total. The van der Waals surface area contributed by atoms with Gasteiger partial charge in [-0.1, -0.05) is 0 Å². The Morgan fingerprint density at radius 2 is 2.12 bits per heavy atom. The van der Waals surface area contributed by atoms with Crippen molar-refractivity contribution < 1.29 is 4.42 Å². The third kappa shape index (κ3) is 2.34. The molecule has 17 heavy (non-hydrogen) atoms. The van der Waals surface area contributed by atoms with E-state index in [1.807, 2.05) is 26.8 Å². The van der Waals surface area contributed by atoms with Gasteiger partial charge in [-0.3, -0.25) is 0 Å². The van der Waals surface area contributed by atoms with E-state index in [9.17, 15) is 0 Å². The molecule has 0 fully saturated rings. The second-order valence-electron chi connectivity index (χ2n) is 3.73. The van der Waals surface area contributed by atoms with Crippen LogP contribution in [0.3, 0.4) is 0 Å². The van der Waals surface area contributed by atoms with Gasteiger partial charge in [-0.05, 0) is 42.8 Å². The molecule has 2 rings (SSSR count). The average Bonchev–Trinajstić information content (AvgIpc) is 2.71. The Kier molecular flexibility index (Phi) is 3.47. The molecule has 0 aromatic carbocycles. The molecule has 0 spiro atoms. The summed E-state index contributed by atoms with van der Waals surface area (Å²) >= 11 is 3.42. The van der Waals surface area contributed by atoms with Gasteiger partial charge in [0.1, 0.15) is 5.82 Å². The normalized spacial score (nSPS) is 10.6. The summed E-state index contributed by atoms with van der Waals surface area (Å²) in [6, 6.07) is 1.83. The monoisotopic (exact) mass is 295 g/mol. The van der Waals surface area contributed by atoms with Crippen LogP contribution in [0, 0.1) is 13.8 Å². The van der Waals surface area contributed by atoms with Gasteiger partial charge >= 0.3 is 0 Å². The highest BCUT2D eigenvalue weighted by Crippen LogP contribution is 2.28. The summed E-state index contributed by atoms with van der Waals surface area (Å²) < 4.78 is 6.24. The molecule has 2 aromatic heterocycles. The second kappa shape index (κ2) is 4.87. The van der Waals surface area contributed by atoms with Gasteiger partial charge < -0.3 is 9.73 Å². The van der Waals surface area contributed by atoms with Gasteiger partial charge in [0.25, 0.3) is 0 Å². The maximum atomic E-state index is 5.38. The lowest BCUT2D eigenvalue weighted by molar-refractivity contribution is 0.575. The fourth-order valence-corrected chi connectivity index (χ4v) is 1.90. The topological polar surface area (TPSA) is 51.0 Å². The van der Waals surface area contributed by atoms with Crippen molar-refractivity contribution in [2.75, 3.05) is 11.9 Å². The van der Waals surface area contributed by atoms with Crippen LogP contribution in [0.5, 0.6) is 0 Å². The number of nitrogens with one attached hydrogen (secondary N) is 1. The Hall–Kier alpha value is -1.36. The molecule has 0 saturated carbocycles. The maximum absolute atomic E-state index is 5.38. The van der Waals surface area contributed by atoms with Gasteiger partial charge in [0, 0.05) is 17.8 Å². The van der Waals surface area contributed by atoms with Crippen molar-refractivity contribution in [3.8, 4) is 11.6 Å². The molecule has 0 aliphatic heterocycles. The van der Waals surface area contributed by atoms with Crippen molar-refractivity contribution in [2.45, 2.75) is 20.8 Å². The number of aromatic nitrogens is 2. The minimum Gasteiger partial charge on any atom is -0.460 e. The predicted octanol–water partition coefficient (Wildman–Crippen LogP) is 3.55. The number of halogens is 1. The van der Waals surface area contributed by atoms with Gasteiger partial charge in [0.15, 0.2) is 11.6 Å². The first-order valence-electron chi connectivity index (χ1n) is 5.46. The fourth-order valence-electron chi connectivity index (χ4n) is 1.52. The van der Waals surface area contributed by atoms with Gasteiger partial charge in [-0.2, -0.15) is 0 Å². The quantitative estimate of drug-likeness (QED) is 0.941. The van der Waals surface area contributed by atoms with Gasteiger partial charge in [-0.15, -0.1) is 0 Å². The molecule has 2 aromatic rings. The van der Waals surface area contributed by atoms with E-state index in [0.717, 1.165) is 28.1 Å². The first-order chi connectivity index (χ1) is 8.13. The molecule has 5 heteroatoms. The zero-order valence-electron chi connectivity index (χ0n) is 10.0. The molecule has 2 heterocycles. The Balaban J connectivity index is 2.53. The van der Waals surface area contributed by atoms with E-state index in [1.54, 1.807) is 6.26 Å². The third-order valence-corrected chi connectivity index (χ3v) is 3.18. The van der Waals surface area contributed by atoms with Gasteiger partial charge in [-0.25, -0.2) is 9.97 Å². The van der Waals surface area contributed by atoms with Crippen LogP contribution in [-0.2, 0) is 0 Å². The van der Waals surface area contributed by atoms with Gasteiger partial charge in [0.05, 0.1) is 10.7 Å². The minimum absolute atomic E-state index is 0.598. The summed E-state index contributed by atoms with van der Waals surface area (Å²) in [5, 5.41) is 3.23. The van der Waals surface area contributed by atoms with Crippen LogP contribution < -0.4 is 5.32 Å². The molecule has 1 N–H and O–H groups in total. The van der Waals surface area contributed by atoms with Crippen LogP contribution in [0.15, 0.2) is 21.2 Å². The molecule has 0 aliphatic carbocycles. The van der Waals surface area contributed by atoms with Crippen molar-refractivity contribution >= 4 is 21.7 Å². The minimum atomic E-state index is 0.598. The van der Waals surface area contributed by atoms with E-state index >= 15 is 0 Å². The van der Waals surface area contributed by atoms with Crippen LogP contribution in [0.4, 0.5) is 5.82 Å². The Labute approximate surface area is 109 Å². The highest BCUT2D eigenvalue weighted by Gasteiger charge is 2.13. The summed E-state index contributed by atoms with van der Waals surface area (Å²) in [5.41, 5.74) is 2.02. The molecule has 0 aliphatic rings. The third-order valence-electron chi connectivity index (χ3n) is 2.55. The van der Waals surface area contributed by atoms with E-state index in [-0.39, 0.29) is 0 Å². The van der Waals surface area contributed by atoms with Crippen molar-refractivity contribution in [3.05, 3.63) is 28.1 Å². The highest BCUT2D eigenvalue weighted by atomic mass is 79.9. The second-order valence-corrected chi connectivity index (χ2v) is 4.59. The molecule has 90 valence electrons. The number of nitrogens with zero attached hydrogens (tertiary/aromatic N) is 2. The standard InChI is InChI=1S/C12H14BrN3O/c1-4-14-11-7(2)8(3)15-12(16-11)10-9(13)5-6-17-10/h5-6H,4H2,1-3H3,(H,14,15,16). The number of anilines is 1. The summed E-state index contributed by atoms with van der Waals surface area (Å²) in [7, 11) is 0. The summed E-state index contributed by atoms with van der Waals surface area (Å²) in [4.78, 5) is 8.92. The van der Waals surface area contributed by atoms with Crippen molar-refractivity contribution in [3.63, 3.8) is 0 Å². The number of hydrogen-bond donors (Lipinski definition) is 1. The zero-order chi connectivity index (χ0) is 12.4. The predicted molar refractivity (Wildman–Crippen MR) is 71.1 cm³/mol. The highest BCUT2D eigenvalue weighted by molar-refractivity contribution is 9.10. The summed E-state index contributed by atoms with van der Waals surface area (Å²) in [6.07, 6.45) is 1.62. The lowest BCUT2D eigenvalue weighted by atomic mass is 10.2. The van der Waals surface area contributed by atoms with Crippen LogP contribution in [0.25, 0.3) is 11.6 Å². The smallest absolute Gasteiger partial charge is 0.199 e. The van der Waals surface area contributed by atoms with Crippen LogP contribution in [0.1, 0.15) is 18.2 Å². The Morgan fingerprint density at radius 1 is 1.35 bits per heavy atom. The largest absolute Gasteiger partial charge is 0.460 e. The van der Waals surface area contributed by atoms with Crippen LogP contribution in [0.2, 0.25) is 0 Å².